The first-order valence-corrected chi connectivity index (χ1v) is 7.76. The van der Waals surface area contributed by atoms with Gasteiger partial charge < -0.3 is 15.2 Å². The standard InChI is InChI=1S/C14H16F2N4O2S/c1-9(21)17-6-7-18-12(22)8-20-11-5-3-2-4-10(11)19-14(20)23-13(15)16/h2-5,13H,6-8H2,1H3,(H,17,21)(H,18,22). The molecule has 23 heavy (non-hydrogen) atoms. The number of hydrogen-bond donors (Lipinski definition) is 2. The van der Waals surface area contributed by atoms with Gasteiger partial charge in [0.2, 0.25) is 11.8 Å². The molecule has 2 N–H and O–H groups in total. The number of thioether (sulfide) groups is 1. The summed E-state index contributed by atoms with van der Waals surface area (Å²) in [4.78, 5) is 26.8. The highest BCUT2D eigenvalue weighted by molar-refractivity contribution is 7.99. The Morgan fingerprint density at radius 1 is 1.26 bits per heavy atom. The number of hydrogen-bond acceptors (Lipinski definition) is 4. The average molecular weight is 342 g/mol. The van der Waals surface area contributed by atoms with Crippen LogP contribution >= 0.6 is 11.8 Å². The largest absolute Gasteiger partial charge is 0.355 e. The van der Waals surface area contributed by atoms with E-state index in [9.17, 15) is 18.4 Å². The third kappa shape index (κ3) is 4.92. The Bertz CT molecular complexity index is 705. The van der Waals surface area contributed by atoms with Crippen molar-refractivity contribution in [2.75, 3.05) is 13.1 Å². The summed E-state index contributed by atoms with van der Waals surface area (Å²) < 4.78 is 26.8. The predicted molar refractivity (Wildman–Crippen MR) is 83.3 cm³/mol. The highest BCUT2D eigenvalue weighted by Crippen LogP contribution is 2.28. The van der Waals surface area contributed by atoms with Crippen LogP contribution in [0.1, 0.15) is 6.92 Å². The van der Waals surface area contributed by atoms with E-state index in [-0.39, 0.29) is 30.1 Å². The van der Waals surface area contributed by atoms with Gasteiger partial charge in [0.25, 0.3) is 5.76 Å². The molecule has 2 aromatic rings. The van der Waals surface area contributed by atoms with Crippen LogP contribution < -0.4 is 10.6 Å². The van der Waals surface area contributed by atoms with Gasteiger partial charge in [-0.05, 0) is 23.9 Å². The Hall–Kier alpha value is -2.16. The molecule has 0 saturated carbocycles. The number of fused-ring (bicyclic) bond motifs is 1. The number of para-hydroxylation sites is 2. The monoisotopic (exact) mass is 342 g/mol. The number of benzene rings is 1. The van der Waals surface area contributed by atoms with Crippen molar-refractivity contribution in [1.29, 1.82) is 0 Å². The number of carbonyl (C=O) groups excluding carboxylic acids is 2. The lowest BCUT2D eigenvalue weighted by atomic mass is 10.3. The van der Waals surface area contributed by atoms with Crippen molar-refractivity contribution in [3.8, 4) is 0 Å². The normalized spacial score (nSPS) is 11.0. The van der Waals surface area contributed by atoms with Crippen molar-refractivity contribution < 1.29 is 18.4 Å². The van der Waals surface area contributed by atoms with Crippen molar-refractivity contribution in [2.45, 2.75) is 24.4 Å². The second-order valence-corrected chi connectivity index (χ2v) is 5.64. The maximum atomic E-state index is 12.7. The zero-order chi connectivity index (χ0) is 16.8. The van der Waals surface area contributed by atoms with E-state index < -0.39 is 5.76 Å². The second kappa shape index (κ2) is 7.91. The second-order valence-electron chi connectivity index (χ2n) is 4.68. The average Bonchev–Trinajstić information content (AvgIpc) is 2.80. The molecule has 0 radical (unpaired) electrons. The minimum absolute atomic E-state index is 0.0956. The van der Waals surface area contributed by atoms with Crippen LogP contribution in [0.2, 0.25) is 0 Å². The summed E-state index contributed by atoms with van der Waals surface area (Å²) in [6.07, 6.45) is 0. The smallest absolute Gasteiger partial charge is 0.291 e. The molecule has 0 spiro atoms. The van der Waals surface area contributed by atoms with Crippen LogP contribution in [0.3, 0.4) is 0 Å². The summed E-state index contributed by atoms with van der Waals surface area (Å²) >= 11 is 0.307. The highest BCUT2D eigenvalue weighted by Gasteiger charge is 2.17. The zero-order valence-electron chi connectivity index (χ0n) is 12.4. The van der Waals surface area contributed by atoms with Crippen LogP contribution in [0.5, 0.6) is 0 Å². The molecule has 0 bridgehead atoms. The van der Waals surface area contributed by atoms with Gasteiger partial charge in [-0.2, -0.15) is 8.78 Å². The van der Waals surface area contributed by atoms with E-state index in [0.29, 0.717) is 29.3 Å². The lowest BCUT2D eigenvalue weighted by molar-refractivity contribution is -0.122. The van der Waals surface area contributed by atoms with E-state index in [1.54, 1.807) is 24.3 Å². The van der Waals surface area contributed by atoms with Crippen LogP contribution in [-0.4, -0.2) is 40.2 Å². The van der Waals surface area contributed by atoms with Crippen LogP contribution in [0.25, 0.3) is 11.0 Å². The van der Waals surface area contributed by atoms with Gasteiger partial charge in [-0.1, -0.05) is 12.1 Å². The van der Waals surface area contributed by atoms with Gasteiger partial charge >= 0.3 is 0 Å². The number of halogens is 2. The Kier molecular flexibility index (Phi) is 5.91. The molecule has 0 aliphatic carbocycles. The molecule has 0 aliphatic rings. The number of aromatic nitrogens is 2. The first-order chi connectivity index (χ1) is 11.0. The fraction of sp³-hybridized carbons (Fsp3) is 0.357. The Balaban J connectivity index is 2.08. The maximum Gasteiger partial charge on any atom is 0.291 e. The van der Waals surface area contributed by atoms with Crippen molar-refractivity contribution in [3.05, 3.63) is 24.3 Å². The SMILES string of the molecule is CC(=O)NCCNC(=O)Cn1c(SC(F)F)nc2ccccc21. The highest BCUT2D eigenvalue weighted by atomic mass is 32.2. The Labute approximate surface area is 135 Å². The summed E-state index contributed by atoms with van der Waals surface area (Å²) in [6.45, 7) is 1.84. The van der Waals surface area contributed by atoms with Crippen LogP contribution in [0.15, 0.2) is 29.4 Å². The van der Waals surface area contributed by atoms with Crippen molar-refractivity contribution >= 4 is 34.6 Å². The van der Waals surface area contributed by atoms with Gasteiger partial charge in [-0.15, -0.1) is 0 Å². The molecule has 0 saturated heterocycles. The van der Waals surface area contributed by atoms with E-state index in [1.807, 2.05) is 0 Å². The molecule has 2 rings (SSSR count). The van der Waals surface area contributed by atoms with E-state index in [4.69, 9.17) is 0 Å². The van der Waals surface area contributed by atoms with Crippen LogP contribution in [-0.2, 0) is 16.1 Å². The van der Waals surface area contributed by atoms with Gasteiger partial charge in [-0.3, -0.25) is 9.59 Å². The summed E-state index contributed by atoms with van der Waals surface area (Å²) in [7, 11) is 0. The topological polar surface area (TPSA) is 76.0 Å². The number of alkyl halides is 2. The van der Waals surface area contributed by atoms with E-state index in [1.165, 1.54) is 11.5 Å². The first-order valence-electron chi connectivity index (χ1n) is 6.88. The molecule has 9 heteroatoms. The van der Waals surface area contributed by atoms with Crippen LogP contribution in [0.4, 0.5) is 8.78 Å². The van der Waals surface area contributed by atoms with Crippen molar-refractivity contribution in [2.24, 2.45) is 0 Å². The number of nitrogens with one attached hydrogen (secondary N) is 2. The Morgan fingerprint density at radius 2 is 1.96 bits per heavy atom. The lowest BCUT2D eigenvalue weighted by Crippen LogP contribution is -2.35. The molecule has 2 amide bonds. The van der Waals surface area contributed by atoms with Gasteiger partial charge in [0, 0.05) is 20.0 Å². The fourth-order valence-electron chi connectivity index (χ4n) is 2.02. The van der Waals surface area contributed by atoms with E-state index in [2.05, 4.69) is 15.6 Å². The summed E-state index contributed by atoms with van der Waals surface area (Å²) in [5.74, 6) is -3.14. The number of carbonyl (C=O) groups is 2. The van der Waals surface area contributed by atoms with Gasteiger partial charge in [0.05, 0.1) is 11.0 Å². The zero-order valence-corrected chi connectivity index (χ0v) is 13.2. The predicted octanol–water partition coefficient (Wildman–Crippen LogP) is 1.60. The molecule has 1 heterocycles. The van der Waals surface area contributed by atoms with Crippen molar-refractivity contribution in [3.63, 3.8) is 0 Å². The molecular weight excluding hydrogens is 326 g/mol. The number of imidazole rings is 1. The Morgan fingerprint density at radius 3 is 2.65 bits per heavy atom. The van der Waals surface area contributed by atoms with Gasteiger partial charge in [0.1, 0.15) is 6.54 Å². The number of nitrogens with zero attached hydrogens (tertiary/aromatic N) is 2. The van der Waals surface area contributed by atoms with Crippen LogP contribution in [0, 0.1) is 0 Å². The third-order valence-electron chi connectivity index (χ3n) is 2.94. The summed E-state index contributed by atoms with van der Waals surface area (Å²) in [5, 5.41) is 5.27. The third-order valence-corrected chi connectivity index (χ3v) is 3.64. The minimum atomic E-state index is -2.62. The molecule has 0 unspecified atom stereocenters. The molecule has 1 aromatic heterocycles. The molecule has 6 nitrogen and oxygen atoms in total. The minimum Gasteiger partial charge on any atom is -0.355 e. The summed E-state index contributed by atoms with van der Waals surface area (Å²) in [6, 6.07) is 6.94. The molecule has 0 fully saturated rings. The first kappa shape index (κ1) is 17.2. The van der Waals surface area contributed by atoms with Crippen molar-refractivity contribution in [1.82, 2.24) is 20.2 Å². The van der Waals surface area contributed by atoms with Gasteiger partial charge in [0.15, 0.2) is 5.16 Å². The van der Waals surface area contributed by atoms with E-state index in [0.717, 1.165) is 0 Å². The molecule has 0 aliphatic heterocycles. The molecule has 0 atom stereocenters. The number of rotatable bonds is 7. The quantitative estimate of drug-likeness (QED) is 0.592. The fourth-order valence-corrected chi connectivity index (χ4v) is 2.62. The summed E-state index contributed by atoms with van der Waals surface area (Å²) in [5.41, 5.74) is 1.18. The molecular formula is C14H16F2N4O2S. The van der Waals surface area contributed by atoms with E-state index >= 15 is 0 Å². The molecule has 1 aromatic carbocycles. The lowest BCUT2D eigenvalue weighted by Gasteiger charge is -2.09. The number of amides is 2. The maximum absolute atomic E-state index is 12.7. The van der Waals surface area contributed by atoms with Gasteiger partial charge in [-0.25, -0.2) is 4.98 Å². The molecule has 124 valence electrons.